The number of ether oxygens (including phenoxy) is 1. The Hall–Kier alpha value is -1.75. The van der Waals surface area contributed by atoms with Crippen LogP contribution in [0.3, 0.4) is 0 Å². The van der Waals surface area contributed by atoms with Crippen LogP contribution < -0.4 is 15.4 Å². The Balaban J connectivity index is 2.39. The number of carbonyl (C=O) groups is 1. The number of hydrogen-bond donors (Lipinski definition) is 3. The van der Waals surface area contributed by atoms with Crippen molar-refractivity contribution in [1.29, 1.82) is 0 Å². The number of aromatic hydroxyl groups is 1. The highest BCUT2D eigenvalue weighted by Gasteiger charge is 2.07. The number of hydrogen-bond acceptors (Lipinski definition) is 4. The van der Waals surface area contributed by atoms with Crippen LogP contribution in [0.15, 0.2) is 18.2 Å². The molecule has 1 amide bonds. The van der Waals surface area contributed by atoms with Crippen LogP contribution in [-0.4, -0.2) is 31.2 Å². The lowest BCUT2D eigenvalue weighted by atomic mass is 10.2. The molecule has 0 aliphatic carbocycles. The summed E-state index contributed by atoms with van der Waals surface area (Å²) in [5, 5.41) is 15.7. The van der Waals surface area contributed by atoms with Crippen LogP contribution >= 0.6 is 0 Å². The highest BCUT2D eigenvalue weighted by atomic mass is 16.5. The van der Waals surface area contributed by atoms with E-state index in [1.54, 1.807) is 18.2 Å². The molecule has 5 heteroatoms. The Morgan fingerprint density at radius 3 is 2.79 bits per heavy atom. The Morgan fingerprint density at radius 1 is 1.42 bits per heavy atom. The van der Waals surface area contributed by atoms with E-state index < -0.39 is 0 Å². The minimum atomic E-state index is -0.0453. The summed E-state index contributed by atoms with van der Waals surface area (Å²) in [5.41, 5.74) is 0.705. The van der Waals surface area contributed by atoms with Crippen molar-refractivity contribution in [2.45, 2.75) is 20.4 Å². The predicted molar refractivity (Wildman–Crippen MR) is 74.2 cm³/mol. The largest absolute Gasteiger partial charge is 0.504 e. The van der Waals surface area contributed by atoms with E-state index in [9.17, 15) is 9.90 Å². The molecule has 19 heavy (non-hydrogen) atoms. The zero-order chi connectivity index (χ0) is 14.3. The summed E-state index contributed by atoms with van der Waals surface area (Å²) < 4.78 is 5.02. The number of phenols is 1. The van der Waals surface area contributed by atoms with Crippen LogP contribution in [0, 0.1) is 5.92 Å². The number of rotatable bonds is 7. The summed E-state index contributed by atoms with van der Waals surface area (Å²) in [6, 6.07) is 5.28. The number of amides is 1. The molecule has 0 aliphatic heterocycles. The van der Waals surface area contributed by atoms with E-state index in [0.717, 1.165) is 0 Å². The molecule has 1 rings (SSSR count). The van der Waals surface area contributed by atoms with Gasteiger partial charge in [-0.2, -0.15) is 0 Å². The van der Waals surface area contributed by atoms with Gasteiger partial charge in [-0.25, -0.2) is 0 Å². The van der Waals surface area contributed by atoms with Gasteiger partial charge in [-0.1, -0.05) is 26.0 Å². The highest BCUT2D eigenvalue weighted by Crippen LogP contribution is 2.28. The topological polar surface area (TPSA) is 70.6 Å². The molecule has 0 heterocycles. The van der Waals surface area contributed by atoms with Gasteiger partial charge in [0.1, 0.15) is 0 Å². The molecular formula is C14H22N2O3. The maximum atomic E-state index is 11.5. The van der Waals surface area contributed by atoms with E-state index in [0.29, 0.717) is 30.3 Å². The highest BCUT2D eigenvalue weighted by molar-refractivity contribution is 5.77. The zero-order valence-corrected chi connectivity index (χ0v) is 11.7. The molecule has 0 saturated carbocycles. The van der Waals surface area contributed by atoms with Gasteiger partial charge < -0.3 is 20.5 Å². The van der Waals surface area contributed by atoms with Crippen LogP contribution in [0.2, 0.25) is 0 Å². The summed E-state index contributed by atoms with van der Waals surface area (Å²) >= 11 is 0. The minimum Gasteiger partial charge on any atom is -0.504 e. The molecule has 0 fully saturated rings. The Labute approximate surface area is 114 Å². The summed E-state index contributed by atoms with van der Waals surface area (Å²) in [7, 11) is 1.51. The average Bonchev–Trinajstić information content (AvgIpc) is 2.38. The second-order valence-electron chi connectivity index (χ2n) is 4.77. The summed E-state index contributed by atoms with van der Waals surface area (Å²) in [4.78, 5) is 11.5. The van der Waals surface area contributed by atoms with Crippen molar-refractivity contribution < 1.29 is 14.6 Å². The third-order valence-corrected chi connectivity index (χ3v) is 2.61. The van der Waals surface area contributed by atoms with Crippen molar-refractivity contribution in [3.8, 4) is 11.5 Å². The normalized spacial score (nSPS) is 10.5. The van der Waals surface area contributed by atoms with Crippen molar-refractivity contribution >= 4 is 5.91 Å². The minimum absolute atomic E-state index is 0.0453. The van der Waals surface area contributed by atoms with Crippen LogP contribution in [0.25, 0.3) is 0 Å². The SMILES string of the molecule is COc1cccc(CNCC(=O)NCC(C)C)c1O. The van der Waals surface area contributed by atoms with Crippen molar-refractivity contribution in [2.24, 2.45) is 5.92 Å². The maximum Gasteiger partial charge on any atom is 0.233 e. The van der Waals surface area contributed by atoms with Crippen LogP contribution in [0.5, 0.6) is 11.5 Å². The lowest BCUT2D eigenvalue weighted by molar-refractivity contribution is -0.120. The van der Waals surface area contributed by atoms with Crippen molar-refractivity contribution in [1.82, 2.24) is 10.6 Å². The van der Waals surface area contributed by atoms with E-state index >= 15 is 0 Å². The third-order valence-electron chi connectivity index (χ3n) is 2.61. The van der Waals surface area contributed by atoms with E-state index in [1.807, 2.05) is 13.8 Å². The summed E-state index contributed by atoms with van der Waals surface area (Å²) in [5.74, 6) is 0.936. The van der Waals surface area contributed by atoms with E-state index in [2.05, 4.69) is 10.6 Å². The van der Waals surface area contributed by atoms with Gasteiger partial charge in [0.15, 0.2) is 11.5 Å². The molecule has 0 spiro atoms. The molecule has 5 nitrogen and oxygen atoms in total. The lowest BCUT2D eigenvalue weighted by Gasteiger charge is -2.10. The summed E-state index contributed by atoms with van der Waals surface area (Å²) in [6.45, 7) is 5.40. The molecule has 106 valence electrons. The van der Waals surface area contributed by atoms with Gasteiger partial charge in [-0.15, -0.1) is 0 Å². The van der Waals surface area contributed by atoms with E-state index in [4.69, 9.17) is 4.74 Å². The number of benzene rings is 1. The smallest absolute Gasteiger partial charge is 0.233 e. The first kappa shape index (κ1) is 15.3. The molecule has 0 radical (unpaired) electrons. The third kappa shape index (κ3) is 5.18. The molecule has 1 aromatic rings. The molecule has 0 bridgehead atoms. The number of para-hydroxylation sites is 1. The maximum absolute atomic E-state index is 11.5. The molecule has 0 aromatic heterocycles. The second kappa shape index (κ2) is 7.63. The van der Waals surface area contributed by atoms with Crippen LogP contribution in [0.1, 0.15) is 19.4 Å². The molecular weight excluding hydrogens is 244 g/mol. The standard InChI is InChI=1S/C14H22N2O3/c1-10(2)7-16-13(17)9-15-8-11-5-4-6-12(19-3)14(11)18/h4-6,10,15,18H,7-9H2,1-3H3,(H,16,17). The van der Waals surface area contributed by atoms with Gasteiger partial charge in [0.2, 0.25) is 5.91 Å². The Kier molecular flexibility index (Phi) is 6.15. The van der Waals surface area contributed by atoms with Gasteiger partial charge in [-0.3, -0.25) is 4.79 Å². The van der Waals surface area contributed by atoms with Gasteiger partial charge in [-0.05, 0) is 12.0 Å². The van der Waals surface area contributed by atoms with Gasteiger partial charge in [0.25, 0.3) is 0 Å². The quantitative estimate of drug-likeness (QED) is 0.695. The number of methoxy groups -OCH3 is 1. The van der Waals surface area contributed by atoms with Gasteiger partial charge >= 0.3 is 0 Å². The predicted octanol–water partition coefficient (Wildman–Crippen LogP) is 1.26. The Morgan fingerprint density at radius 2 is 2.16 bits per heavy atom. The molecule has 0 aliphatic rings. The fraction of sp³-hybridized carbons (Fsp3) is 0.500. The van der Waals surface area contributed by atoms with Gasteiger partial charge in [0.05, 0.1) is 13.7 Å². The van der Waals surface area contributed by atoms with Crippen LogP contribution in [-0.2, 0) is 11.3 Å². The summed E-state index contributed by atoms with van der Waals surface area (Å²) in [6.07, 6.45) is 0. The fourth-order valence-corrected chi connectivity index (χ4v) is 1.57. The second-order valence-corrected chi connectivity index (χ2v) is 4.77. The lowest BCUT2D eigenvalue weighted by Crippen LogP contribution is -2.35. The fourth-order valence-electron chi connectivity index (χ4n) is 1.57. The number of nitrogens with one attached hydrogen (secondary N) is 2. The Bertz CT molecular complexity index is 419. The molecule has 0 atom stereocenters. The van der Waals surface area contributed by atoms with Crippen molar-refractivity contribution in [3.63, 3.8) is 0 Å². The van der Waals surface area contributed by atoms with Crippen molar-refractivity contribution in [2.75, 3.05) is 20.2 Å². The first-order valence-electron chi connectivity index (χ1n) is 6.36. The van der Waals surface area contributed by atoms with Gasteiger partial charge in [0, 0.05) is 18.7 Å². The first-order valence-corrected chi connectivity index (χ1v) is 6.36. The molecule has 3 N–H and O–H groups in total. The average molecular weight is 266 g/mol. The molecule has 0 unspecified atom stereocenters. The number of carbonyl (C=O) groups excluding carboxylic acids is 1. The van der Waals surface area contributed by atoms with Crippen LogP contribution in [0.4, 0.5) is 0 Å². The number of phenolic OH excluding ortho intramolecular Hbond substituents is 1. The van der Waals surface area contributed by atoms with E-state index in [-0.39, 0.29) is 18.2 Å². The van der Waals surface area contributed by atoms with Crippen molar-refractivity contribution in [3.05, 3.63) is 23.8 Å². The van der Waals surface area contributed by atoms with E-state index in [1.165, 1.54) is 7.11 Å². The first-order chi connectivity index (χ1) is 9.04. The monoisotopic (exact) mass is 266 g/mol. The molecule has 0 saturated heterocycles. The zero-order valence-electron chi connectivity index (χ0n) is 11.7. The molecule has 1 aromatic carbocycles.